The Balaban J connectivity index is 1.82. The molecule has 0 spiro atoms. The Bertz CT molecular complexity index is 537. The molecule has 2 bridgehead atoms. The SMILES string of the molecule is NC1(Cc2ccc([N+](=O)[O-])cc2Br)CC2CCC1O2. The quantitative estimate of drug-likeness (QED) is 0.683. The van der Waals surface area contributed by atoms with Crippen molar-refractivity contribution in [1.82, 2.24) is 0 Å². The second-order valence-corrected chi connectivity index (χ2v) is 6.33. The molecular weight excluding hydrogens is 312 g/mol. The Morgan fingerprint density at radius 1 is 1.53 bits per heavy atom. The Kier molecular flexibility index (Phi) is 3.11. The fraction of sp³-hybridized carbons (Fsp3) is 0.538. The van der Waals surface area contributed by atoms with E-state index in [1.165, 1.54) is 12.1 Å². The van der Waals surface area contributed by atoms with Crippen LogP contribution in [-0.4, -0.2) is 22.7 Å². The van der Waals surface area contributed by atoms with Gasteiger partial charge in [0.2, 0.25) is 0 Å². The molecule has 0 aliphatic carbocycles. The lowest BCUT2D eigenvalue weighted by Gasteiger charge is -2.31. The molecule has 1 aromatic carbocycles. The van der Waals surface area contributed by atoms with E-state index in [0.717, 1.165) is 29.3 Å². The average Bonchev–Trinajstić information content (AvgIpc) is 2.91. The summed E-state index contributed by atoms with van der Waals surface area (Å²) in [7, 11) is 0. The van der Waals surface area contributed by atoms with E-state index in [4.69, 9.17) is 10.5 Å². The summed E-state index contributed by atoms with van der Waals surface area (Å²) in [5, 5.41) is 10.7. The van der Waals surface area contributed by atoms with Crippen LogP contribution in [0.4, 0.5) is 5.69 Å². The molecular formula is C13H15BrN2O3. The summed E-state index contributed by atoms with van der Waals surface area (Å²) in [6.07, 6.45) is 4.11. The van der Waals surface area contributed by atoms with Gasteiger partial charge in [0.1, 0.15) is 0 Å². The predicted molar refractivity (Wildman–Crippen MR) is 73.9 cm³/mol. The number of nitro groups is 1. The summed E-state index contributed by atoms with van der Waals surface area (Å²) < 4.78 is 6.56. The second-order valence-electron chi connectivity index (χ2n) is 5.47. The highest BCUT2D eigenvalue weighted by molar-refractivity contribution is 9.10. The molecule has 2 saturated heterocycles. The molecule has 0 saturated carbocycles. The third-order valence-corrected chi connectivity index (χ3v) is 4.86. The van der Waals surface area contributed by atoms with Crippen molar-refractivity contribution in [3.8, 4) is 0 Å². The van der Waals surface area contributed by atoms with Crippen molar-refractivity contribution in [2.75, 3.05) is 0 Å². The zero-order chi connectivity index (χ0) is 13.6. The Hall–Kier alpha value is -0.980. The minimum absolute atomic E-state index is 0.0888. The van der Waals surface area contributed by atoms with E-state index in [1.54, 1.807) is 6.07 Å². The van der Waals surface area contributed by atoms with Crippen molar-refractivity contribution < 1.29 is 9.66 Å². The molecule has 0 amide bonds. The Morgan fingerprint density at radius 3 is 2.84 bits per heavy atom. The number of nitrogens with zero attached hydrogens (tertiary/aromatic N) is 1. The van der Waals surface area contributed by atoms with Crippen LogP contribution in [0.1, 0.15) is 24.8 Å². The van der Waals surface area contributed by atoms with Crippen LogP contribution < -0.4 is 5.73 Å². The van der Waals surface area contributed by atoms with Crippen molar-refractivity contribution in [2.24, 2.45) is 5.73 Å². The zero-order valence-electron chi connectivity index (χ0n) is 10.3. The molecule has 2 heterocycles. The first-order valence-electron chi connectivity index (χ1n) is 6.35. The molecule has 2 aliphatic rings. The highest BCUT2D eigenvalue weighted by Gasteiger charge is 2.49. The molecule has 3 atom stereocenters. The first kappa shape index (κ1) is 13.0. The molecule has 2 N–H and O–H groups in total. The number of benzene rings is 1. The molecule has 19 heavy (non-hydrogen) atoms. The van der Waals surface area contributed by atoms with Crippen molar-refractivity contribution >= 4 is 21.6 Å². The molecule has 3 rings (SSSR count). The summed E-state index contributed by atoms with van der Waals surface area (Å²) >= 11 is 3.40. The third kappa shape index (κ3) is 2.28. The van der Waals surface area contributed by atoms with E-state index in [2.05, 4.69) is 15.9 Å². The van der Waals surface area contributed by atoms with Gasteiger partial charge in [-0.15, -0.1) is 0 Å². The predicted octanol–water partition coefficient (Wildman–Crippen LogP) is 2.55. The van der Waals surface area contributed by atoms with Crippen molar-refractivity contribution in [3.05, 3.63) is 38.3 Å². The lowest BCUT2D eigenvalue weighted by molar-refractivity contribution is -0.384. The number of nitro benzene ring substituents is 1. The van der Waals surface area contributed by atoms with Crippen LogP contribution in [-0.2, 0) is 11.2 Å². The summed E-state index contributed by atoms with van der Waals surface area (Å²) in [4.78, 5) is 10.3. The van der Waals surface area contributed by atoms with E-state index >= 15 is 0 Å². The third-order valence-electron chi connectivity index (χ3n) is 4.12. The van der Waals surface area contributed by atoms with E-state index in [9.17, 15) is 10.1 Å². The first-order valence-corrected chi connectivity index (χ1v) is 7.14. The van der Waals surface area contributed by atoms with Crippen LogP contribution in [0.25, 0.3) is 0 Å². The zero-order valence-corrected chi connectivity index (χ0v) is 11.9. The first-order chi connectivity index (χ1) is 8.98. The topological polar surface area (TPSA) is 78.4 Å². The molecule has 6 heteroatoms. The maximum atomic E-state index is 10.7. The molecule has 2 fully saturated rings. The van der Waals surface area contributed by atoms with Gasteiger partial charge in [-0.25, -0.2) is 0 Å². The number of hydrogen-bond acceptors (Lipinski definition) is 4. The average molecular weight is 327 g/mol. The summed E-state index contributed by atoms with van der Waals surface area (Å²) in [5.41, 5.74) is 7.22. The van der Waals surface area contributed by atoms with Crippen LogP contribution in [0.3, 0.4) is 0 Å². The van der Waals surface area contributed by atoms with Gasteiger partial charge in [0.25, 0.3) is 5.69 Å². The minimum atomic E-state index is -0.395. The van der Waals surface area contributed by atoms with Crippen molar-refractivity contribution in [1.29, 1.82) is 0 Å². The normalized spacial score (nSPS) is 32.7. The van der Waals surface area contributed by atoms with Gasteiger partial charge >= 0.3 is 0 Å². The molecule has 0 aromatic heterocycles. The molecule has 3 unspecified atom stereocenters. The fourth-order valence-corrected chi connectivity index (χ4v) is 3.67. The van der Waals surface area contributed by atoms with Crippen LogP contribution in [0.2, 0.25) is 0 Å². The summed E-state index contributed by atoms with van der Waals surface area (Å²) in [5.74, 6) is 0. The highest BCUT2D eigenvalue weighted by atomic mass is 79.9. The fourth-order valence-electron chi connectivity index (χ4n) is 3.17. The number of ether oxygens (including phenoxy) is 1. The molecule has 1 aromatic rings. The molecule has 102 valence electrons. The maximum absolute atomic E-state index is 10.7. The monoisotopic (exact) mass is 326 g/mol. The van der Waals surface area contributed by atoms with Crippen LogP contribution in [0.15, 0.2) is 22.7 Å². The lowest BCUT2D eigenvalue weighted by Crippen LogP contribution is -2.50. The number of nitrogens with two attached hydrogens (primary N) is 1. The van der Waals surface area contributed by atoms with Gasteiger partial charge in [0, 0.05) is 22.1 Å². The minimum Gasteiger partial charge on any atom is -0.373 e. The number of hydrogen-bond donors (Lipinski definition) is 1. The maximum Gasteiger partial charge on any atom is 0.270 e. The Morgan fingerprint density at radius 2 is 2.32 bits per heavy atom. The molecule has 2 aliphatic heterocycles. The molecule has 0 radical (unpaired) electrons. The van der Waals surface area contributed by atoms with Crippen LogP contribution >= 0.6 is 15.9 Å². The summed E-state index contributed by atoms with van der Waals surface area (Å²) in [6.45, 7) is 0. The van der Waals surface area contributed by atoms with Gasteiger partial charge in [-0.1, -0.05) is 22.0 Å². The lowest BCUT2D eigenvalue weighted by atomic mass is 9.78. The van der Waals surface area contributed by atoms with E-state index in [1.807, 2.05) is 0 Å². The van der Waals surface area contributed by atoms with Gasteiger partial charge in [-0.05, 0) is 31.2 Å². The Labute approximate surface area is 119 Å². The van der Waals surface area contributed by atoms with Gasteiger partial charge in [0.15, 0.2) is 0 Å². The highest BCUT2D eigenvalue weighted by Crippen LogP contribution is 2.42. The van der Waals surface area contributed by atoms with Gasteiger partial charge in [-0.2, -0.15) is 0 Å². The standard InChI is InChI=1S/C13H15BrN2O3/c14-11-5-9(16(17)18)2-1-8(11)6-13(15)7-10-3-4-12(13)19-10/h1-2,5,10,12H,3-4,6-7,15H2. The van der Waals surface area contributed by atoms with Crippen LogP contribution in [0, 0.1) is 10.1 Å². The number of rotatable bonds is 3. The van der Waals surface area contributed by atoms with E-state index in [-0.39, 0.29) is 17.3 Å². The van der Waals surface area contributed by atoms with E-state index < -0.39 is 4.92 Å². The van der Waals surface area contributed by atoms with Crippen molar-refractivity contribution in [3.63, 3.8) is 0 Å². The number of fused-ring (bicyclic) bond motifs is 2. The van der Waals surface area contributed by atoms with Crippen molar-refractivity contribution in [2.45, 2.75) is 43.4 Å². The molecule has 5 nitrogen and oxygen atoms in total. The van der Waals surface area contributed by atoms with Gasteiger partial charge in [0.05, 0.1) is 17.1 Å². The number of non-ortho nitro benzene ring substituents is 1. The smallest absolute Gasteiger partial charge is 0.270 e. The largest absolute Gasteiger partial charge is 0.373 e. The number of halogens is 1. The van der Waals surface area contributed by atoms with Gasteiger partial charge in [-0.3, -0.25) is 10.1 Å². The van der Waals surface area contributed by atoms with Crippen LogP contribution in [0.5, 0.6) is 0 Å². The van der Waals surface area contributed by atoms with Gasteiger partial charge < -0.3 is 10.5 Å². The summed E-state index contributed by atoms with van der Waals surface area (Å²) in [6, 6.07) is 4.84. The second kappa shape index (κ2) is 4.54. The van der Waals surface area contributed by atoms with E-state index in [0.29, 0.717) is 12.5 Å².